The molecule has 106 valence electrons. The Hall–Kier alpha value is -0.940. The maximum absolute atomic E-state index is 13.7. The monoisotopic (exact) mass is 404 g/mol. The van der Waals surface area contributed by atoms with Crippen molar-refractivity contribution in [3.05, 3.63) is 55.8 Å². The van der Waals surface area contributed by atoms with Crippen LogP contribution in [0.2, 0.25) is 15.2 Å². The van der Waals surface area contributed by atoms with E-state index in [1.165, 1.54) is 6.07 Å². The zero-order valence-electron chi connectivity index (χ0n) is 10.2. The molecule has 2 nitrogen and oxygen atoms in total. The summed E-state index contributed by atoms with van der Waals surface area (Å²) in [6.45, 7) is 0. The van der Waals surface area contributed by atoms with Crippen LogP contribution in [0.3, 0.4) is 0 Å². The second-order valence-electron chi connectivity index (χ2n) is 4.25. The first-order valence-corrected chi connectivity index (χ1v) is 7.66. The molecule has 2 aromatic carbocycles. The Morgan fingerprint density at radius 3 is 2.48 bits per heavy atom. The quantitative estimate of drug-likeness (QED) is 0.453. The highest BCUT2D eigenvalue weighted by Crippen LogP contribution is 2.32. The number of fused-ring (bicyclic) bond motifs is 1. The molecular weight excluding hydrogens is 401 g/mol. The fourth-order valence-corrected chi connectivity index (χ4v) is 2.95. The zero-order valence-corrected chi connectivity index (χ0v) is 14.0. The van der Waals surface area contributed by atoms with Crippen molar-refractivity contribution in [3.63, 3.8) is 0 Å². The minimum Gasteiger partial charge on any atom is -0.228 e. The Balaban J connectivity index is 2.27. The summed E-state index contributed by atoms with van der Waals surface area (Å²) in [5.74, 6) is -0.110. The third kappa shape index (κ3) is 2.86. The molecule has 0 atom stereocenters. The van der Waals surface area contributed by atoms with Gasteiger partial charge in [-0.3, -0.25) is 0 Å². The molecule has 1 heterocycles. The fourth-order valence-electron chi connectivity index (χ4n) is 1.88. The molecule has 0 N–H and O–H groups in total. The highest BCUT2D eigenvalue weighted by Gasteiger charge is 2.13. The minimum atomic E-state index is -0.426. The van der Waals surface area contributed by atoms with Gasteiger partial charge in [0.15, 0.2) is 5.82 Å². The van der Waals surface area contributed by atoms with Gasteiger partial charge in [-0.25, -0.2) is 14.4 Å². The SMILES string of the molecule is Fc1cc2nc(-c3ccc(Cl)cc3Cl)nc(Cl)c2cc1Br. The van der Waals surface area contributed by atoms with E-state index in [1.807, 2.05) is 0 Å². The van der Waals surface area contributed by atoms with Crippen molar-refractivity contribution in [1.82, 2.24) is 9.97 Å². The third-order valence-electron chi connectivity index (χ3n) is 2.86. The molecule has 0 aliphatic heterocycles. The molecule has 0 saturated carbocycles. The van der Waals surface area contributed by atoms with Crippen LogP contribution in [0, 0.1) is 5.82 Å². The second-order valence-corrected chi connectivity index (χ2v) is 6.30. The summed E-state index contributed by atoms with van der Waals surface area (Å²) in [7, 11) is 0. The van der Waals surface area contributed by atoms with Crippen LogP contribution in [0.4, 0.5) is 4.39 Å². The Kier molecular flexibility index (Phi) is 4.06. The summed E-state index contributed by atoms with van der Waals surface area (Å²) >= 11 is 21.3. The molecule has 0 spiro atoms. The first-order valence-electron chi connectivity index (χ1n) is 5.73. The van der Waals surface area contributed by atoms with Gasteiger partial charge in [-0.05, 0) is 40.2 Å². The molecule has 0 unspecified atom stereocenters. The molecule has 0 aliphatic rings. The molecule has 7 heteroatoms. The van der Waals surface area contributed by atoms with Gasteiger partial charge in [0.2, 0.25) is 0 Å². The number of hydrogen-bond donors (Lipinski definition) is 0. The van der Waals surface area contributed by atoms with E-state index in [4.69, 9.17) is 34.8 Å². The topological polar surface area (TPSA) is 25.8 Å². The average Bonchev–Trinajstić information content (AvgIpc) is 2.41. The number of rotatable bonds is 1. The lowest BCUT2D eigenvalue weighted by Gasteiger charge is -2.07. The van der Waals surface area contributed by atoms with Gasteiger partial charge in [-0.15, -0.1) is 0 Å². The highest BCUT2D eigenvalue weighted by atomic mass is 79.9. The molecular formula is C14H5BrCl3FN2. The lowest BCUT2D eigenvalue weighted by Crippen LogP contribution is -1.94. The van der Waals surface area contributed by atoms with Crippen molar-refractivity contribution in [3.8, 4) is 11.4 Å². The summed E-state index contributed by atoms with van der Waals surface area (Å²) < 4.78 is 14.0. The number of nitrogens with zero attached hydrogens (tertiary/aromatic N) is 2. The Morgan fingerprint density at radius 1 is 1.00 bits per heavy atom. The molecule has 1 aromatic heterocycles. The summed E-state index contributed by atoms with van der Waals surface area (Å²) in [6.07, 6.45) is 0. The predicted octanol–water partition coefficient (Wildman–Crippen LogP) is 6.16. The molecule has 0 radical (unpaired) electrons. The van der Waals surface area contributed by atoms with Crippen molar-refractivity contribution in [2.24, 2.45) is 0 Å². The highest BCUT2D eigenvalue weighted by molar-refractivity contribution is 9.10. The number of hydrogen-bond acceptors (Lipinski definition) is 2. The molecule has 3 aromatic rings. The Morgan fingerprint density at radius 2 is 1.76 bits per heavy atom. The summed E-state index contributed by atoms with van der Waals surface area (Å²) in [6, 6.07) is 7.78. The standard InChI is InChI=1S/C14H5BrCl3FN2/c15-9-4-8-12(5-11(9)19)20-14(21-13(8)18)7-2-1-6(16)3-10(7)17/h1-5H. The van der Waals surface area contributed by atoms with Gasteiger partial charge in [0.1, 0.15) is 11.0 Å². The zero-order chi connectivity index (χ0) is 15.1. The lowest BCUT2D eigenvalue weighted by atomic mass is 10.2. The largest absolute Gasteiger partial charge is 0.228 e. The maximum Gasteiger partial charge on any atom is 0.162 e. The molecule has 3 rings (SSSR count). The average molecular weight is 406 g/mol. The molecule has 0 fully saturated rings. The van der Waals surface area contributed by atoms with E-state index in [2.05, 4.69) is 25.9 Å². The van der Waals surface area contributed by atoms with Crippen LogP contribution in [0.15, 0.2) is 34.8 Å². The smallest absolute Gasteiger partial charge is 0.162 e. The molecule has 0 bridgehead atoms. The molecule has 21 heavy (non-hydrogen) atoms. The lowest BCUT2D eigenvalue weighted by molar-refractivity contribution is 0.623. The molecule has 0 amide bonds. The minimum absolute atomic E-state index is 0.224. The van der Waals surface area contributed by atoms with Crippen LogP contribution in [0.5, 0.6) is 0 Å². The first kappa shape index (κ1) is 15.0. The van der Waals surface area contributed by atoms with E-state index >= 15 is 0 Å². The van der Waals surface area contributed by atoms with Crippen molar-refractivity contribution in [2.45, 2.75) is 0 Å². The number of benzene rings is 2. The van der Waals surface area contributed by atoms with Crippen LogP contribution < -0.4 is 0 Å². The van der Waals surface area contributed by atoms with Crippen molar-refractivity contribution in [2.75, 3.05) is 0 Å². The summed E-state index contributed by atoms with van der Waals surface area (Å²) in [4.78, 5) is 8.53. The van der Waals surface area contributed by atoms with Gasteiger partial charge in [-0.1, -0.05) is 34.8 Å². The van der Waals surface area contributed by atoms with Crippen LogP contribution >= 0.6 is 50.7 Å². The molecule has 0 aliphatic carbocycles. The van der Waals surface area contributed by atoms with Gasteiger partial charge in [0.05, 0.1) is 15.0 Å². The van der Waals surface area contributed by atoms with E-state index in [9.17, 15) is 4.39 Å². The van der Waals surface area contributed by atoms with Crippen LogP contribution in [-0.2, 0) is 0 Å². The van der Waals surface area contributed by atoms with E-state index in [0.717, 1.165) is 0 Å². The van der Waals surface area contributed by atoms with Crippen LogP contribution in [0.1, 0.15) is 0 Å². The van der Waals surface area contributed by atoms with Gasteiger partial charge in [0, 0.05) is 22.0 Å². The Labute approximate surface area is 143 Å². The normalized spacial score (nSPS) is 11.1. The first-order chi connectivity index (χ1) is 9.95. The van der Waals surface area contributed by atoms with E-state index in [-0.39, 0.29) is 5.15 Å². The van der Waals surface area contributed by atoms with Gasteiger partial charge >= 0.3 is 0 Å². The van der Waals surface area contributed by atoms with Crippen LogP contribution in [0.25, 0.3) is 22.3 Å². The summed E-state index contributed by atoms with van der Waals surface area (Å²) in [5, 5.41) is 1.68. The Bertz CT molecular complexity index is 870. The third-order valence-corrected chi connectivity index (χ3v) is 4.31. The van der Waals surface area contributed by atoms with Gasteiger partial charge < -0.3 is 0 Å². The summed E-state index contributed by atoms with van der Waals surface area (Å²) in [5.41, 5.74) is 0.977. The maximum atomic E-state index is 13.7. The predicted molar refractivity (Wildman–Crippen MR) is 87.7 cm³/mol. The van der Waals surface area contributed by atoms with Crippen molar-refractivity contribution >= 4 is 61.6 Å². The van der Waals surface area contributed by atoms with E-state index in [1.54, 1.807) is 24.3 Å². The van der Waals surface area contributed by atoms with Gasteiger partial charge in [0.25, 0.3) is 0 Å². The van der Waals surface area contributed by atoms with Crippen molar-refractivity contribution < 1.29 is 4.39 Å². The fraction of sp³-hybridized carbons (Fsp3) is 0. The van der Waals surface area contributed by atoms with Crippen LogP contribution in [-0.4, -0.2) is 9.97 Å². The van der Waals surface area contributed by atoms with Crippen molar-refractivity contribution in [1.29, 1.82) is 0 Å². The van der Waals surface area contributed by atoms with E-state index < -0.39 is 5.82 Å². The van der Waals surface area contributed by atoms with Gasteiger partial charge in [-0.2, -0.15) is 0 Å². The second kappa shape index (κ2) is 5.69. The number of halogens is 5. The molecule has 0 saturated heterocycles. The van der Waals surface area contributed by atoms with E-state index in [0.29, 0.717) is 36.8 Å². The number of aromatic nitrogens is 2.